The van der Waals surface area contributed by atoms with E-state index in [-0.39, 0.29) is 26.2 Å². The fourth-order valence-corrected chi connectivity index (χ4v) is 1.85. The first kappa shape index (κ1) is 9.91. The molecular weight excluding hydrogens is 204 g/mol. The number of nitrogens with one attached hydrogen (secondary N) is 1. The Bertz CT molecular complexity index is 318. The van der Waals surface area contributed by atoms with Crippen molar-refractivity contribution in [1.82, 2.24) is 10.2 Å². The number of carbonyl (C=O) groups is 3. The SMILES string of the molecule is O=C1CNC(=O)N1C1(C(=O)O)CCOC1. The first-order valence-corrected chi connectivity index (χ1v) is 4.50. The first-order chi connectivity index (χ1) is 7.08. The summed E-state index contributed by atoms with van der Waals surface area (Å²) in [6, 6.07) is -0.659. The highest BCUT2D eigenvalue weighted by atomic mass is 16.5. The van der Waals surface area contributed by atoms with Gasteiger partial charge >= 0.3 is 12.0 Å². The first-order valence-electron chi connectivity index (χ1n) is 4.50. The number of rotatable bonds is 2. The molecule has 0 aromatic carbocycles. The summed E-state index contributed by atoms with van der Waals surface area (Å²) in [5, 5.41) is 11.4. The van der Waals surface area contributed by atoms with Gasteiger partial charge in [-0.2, -0.15) is 0 Å². The van der Waals surface area contributed by atoms with E-state index in [4.69, 9.17) is 9.84 Å². The lowest BCUT2D eigenvalue weighted by Crippen LogP contribution is -2.58. The fraction of sp³-hybridized carbons (Fsp3) is 0.625. The number of nitrogens with zero attached hydrogens (tertiary/aromatic N) is 1. The van der Waals surface area contributed by atoms with E-state index in [1.165, 1.54) is 0 Å². The van der Waals surface area contributed by atoms with Crippen LogP contribution in [-0.4, -0.2) is 53.2 Å². The molecule has 0 aromatic rings. The van der Waals surface area contributed by atoms with Crippen molar-refractivity contribution < 1.29 is 24.2 Å². The smallest absolute Gasteiger partial charge is 0.332 e. The van der Waals surface area contributed by atoms with E-state index in [0.717, 1.165) is 4.90 Å². The van der Waals surface area contributed by atoms with Crippen LogP contribution in [-0.2, 0) is 14.3 Å². The van der Waals surface area contributed by atoms with Crippen molar-refractivity contribution in [3.8, 4) is 0 Å². The molecule has 0 saturated carbocycles. The number of ether oxygens (including phenoxy) is 1. The molecule has 0 radical (unpaired) electrons. The predicted octanol–water partition coefficient (Wildman–Crippen LogP) is -1.22. The molecule has 1 unspecified atom stereocenters. The molecule has 2 aliphatic rings. The molecule has 0 aromatic heterocycles. The molecule has 2 saturated heterocycles. The van der Waals surface area contributed by atoms with Gasteiger partial charge in [0.15, 0.2) is 5.54 Å². The molecule has 2 rings (SSSR count). The van der Waals surface area contributed by atoms with Crippen LogP contribution in [0.1, 0.15) is 6.42 Å². The van der Waals surface area contributed by atoms with Crippen molar-refractivity contribution in [2.24, 2.45) is 0 Å². The van der Waals surface area contributed by atoms with Gasteiger partial charge in [-0.3, -0.25) is 4.79 Å². The van der Waals surface area contributed by atoms with Crippen LogP contribution >= 0.6 is 0 Å². The van der Waals surface area contributed by atoms with Gasteiger partial charge in [0.25, 0.3) is 5.91 Å². The van der Waals surface area contributed by atoms with E-state index >= 15 is 0 Å². The summed E-state index contributed by atoms with van der Waals surface area (Å²) < 4.78 is 4.98. The Kier molecular flexibility index (Phi) is 2.11. The standard InChI is InChI=1S/C8H10N2O5/c11-5-3-9-7(14)10(5)8(6(12)13)1-2-15-4-8/h1-4H2,(H,9,14)(H,12,13). The third-order valence-corrected chi connectivity index (χ3v) is 2.67. The Morgan fingerprint density at radius 1 is 1.53 bits per heavy atom. The van der Waals surface area contributed by atoms with Crippen LogP contribution < -0.4 is 5.32 Å². The van der Waals surface area contributed by atoms with Crippen molar-refractivity contribution in [2.75, 3.05) is 19.8 Å². The Labute approximate surface area is 85.0 Å². The van der Waals surface area contributed by atoms with Crippen molar-refractivity contribution in [3.63, 3.8) is 0 Å². The summed E-state index contributed by atoms with van der Waals surface area (Å²) in [6.45, 7) is -0.0429. The zero-order valence-electron chi connectivity index (χ0n) is 7.86. The van der Waals surface area contributed by atoms with Crippen molar-refractivity contribution in [1.29, 1.82) is 0 Å². The van der Waals surface area contributed by atoms with E-state index in [1.807, 2.05) is 0 Å². The number of carboxylic acid groups (broad SMARTS) is 1. The lowest BCUT2D eigenvalue weighted by Gasteiger charge is -2.30. The maximum Gasteiger partial charge on any atom is 0.332 e. The Hall–Kier alpha value is -1.63. The molecule has 2 aliphatic heterocycles. The van der Waals surface area contributed by atoms with Gasteiger partial charge in [-0.05, 0) is 0 Å². The second-order valence-corrected chi connectivity index (χ2v) is 3.53. The second-order valence-electron chi connectivity index (χ2n) is 3.53. The Morgan fingerprint density at radius 3 is 2.67 bits per heavy atom. The van der Waals surface area contributed by atoms with Crippen LogP contribution in [0.5, 0.6) is 0 Å². The highest BCUT2D eigenvalue weighted by molar-refractivity contribution is 6.06. The summed E-state index contributed by atoms with van der Waals surface area (Å²) in [6.07, 6.45) is 0.140. The molecule has 3 amide bonds. The second kappa shape index (κ2) is 3.20. The molecule has 7 nitrogen and oxygen atoms in total. The van der Waals surface area contributed by atoms with Crippen LogP contribution in [0.15, 0.2) is 0 Å². The van der Waals surface area contributed by atoms with E-state index < -0.39 is 23.4 Å². The van der Waals surface area contributed by atoms with E-state index in [2.05, 4.69) is 5.32 Å². The van der Waals surface area contributed by atoms with E-state index in [0.29, 0.717) is 0 Å². The molecule has 0 spiro atoms. The Morgan fingerprint density at radius 2 is 2.27 bits per heavy atom. The molecule has 0 bridgehead atoms. The van der Waals surface area contributed by atoms with Crippen LogP contribution in [0.2, 0.25) is 0 Å². The molecule has 2 fully saturated rings. The summed E-state index contributed by atoms with van der Waals surface area (Å²) in [7, 11) is 0. The highest BCUT2D eigenvalue weighted by Crippen LogP contribution is 2.28. The largest absolute Gasteiger partial charge is 0.479 e. The number of carbonyl (C=O) groups excluding carboxylic acids is 2. The zero-order chi connectivity index (χ0) is 11.1. The lowest BCUT2D eigenvalue weighted by molar-refractivity contribution is -0.154. The van der Waals surface area contributed by atoms with Crippen LogP contribution in [0.3, 0.4) is 0 Å². The number of aliphatic carboxylic acids is 1. The number of amides is 3. The normalized spacial score (nSPS) is 30.8. The van der Waals surface area contributed by atoms with Crippen molar-refractivity contribution in [3.05, 3.63) is 0 Å². The van der Waals surface area contributed by atoms with Gasteiger partial charge in [0.05, 0.1) is 13.2 Å². The fourth-order valence-electron chi connectivity index (χ4n) is 1.85. The maximum absolute atomic E-state index is 11.4. The minimum Gasteiger partial charge on any atom is -0.479 e. The van der Waals surface area contributed by atoms with Crippen molar-refractivity contribution in [2.45, 2.75) is 12.0 Å². The van der Waals surface area contributed by atoms with Gasteiger partial charge in [0.1, 0.15) is 0 Å². The van der Waals surface area contributed by atoms with Crippen LogP contribution in [0.4, 0.5) is 4.79 Å². The van der Waals surface area contributed by atoms with Crippen LogP contribution in [0, 0.1) is 0 Å². The van der Waals surface area contributed by atoms with Gasteiger partial charge in [-0.1, -0.05) is 0 Å². The quantitative estimate of drug-likeness (QED) is 0.562. The molecule has 1 atom stereocenters. The van der Waals surface area contributed by atoms with Gasteiger partial charge in [-0.15, -0.1) is 0 Å². The molecule has 2 heterocycles. The molecule has 7 heteroatoms. The van der Waals surface area contributed by atoms with E-state index in [9.17, 15) is 14.4 Å². The summed E-state index contributed by atoms with van der Waals surface area (Å²) in [4.78, 5) is 34.7. The predicted molar refractivity (Wildman–Crippen MR) is 46.0 cm³/mol. The maximum atomic E-state index is 11.4. The number of hydrogen-bond donors (Lipinski definition) is 2. The minimum absolute atomic E-state index is 0.137. The summed E-state index contributed by atoms with van der Waals surface area (Å²) >= 11 is 0. The highest BCUT2D eigenvalue weighted by Gasteiger charge is 2.54. The average molecular weight is 214 g/mol. The van der Waals surface area contributed by atoms with Gasteiger partial charge in [0.2, 0.25) is 0 Å². The lowest BCUT2D eigenvalue weighted by atomic mass is 9.97. The minimum atomic E-state index is -1.52. The number of imide groups is 1. The van der Waals surface area contributed by atoms with Gasteiger partial charge < -0.3 is 15.2 Å². The number of urea groups is 1. The molecule has 15 heavy (non-hydrogen) atoms. The number of hydrogen-bond acceptors (Lipinski definition) is 4. The topological polar surface area (TPSA) is 95.9 Å². The molecule has 2 N–H and O–H groups in total. The third-order valence-electron chi connectivity index (χ3n) is 2.67. The van der Waals surface area contributed by atoms with Crippen molar-refractivity contribution >= 4 is 17.9 Å². The van der Waals surface area contributed by atoms with Gasteiger partial charge in [-0.25, -0.2) is 14.5 Å². The van der Waals surface area contributed by atoms with E-state index in [1.54, 1.807) is 0 Å². The van der Waals surface area contributed by atoms with Crippen LogP contribution in [0.25, 0.3) is 0 Å². The molecule has 82 valence electrons. The average Bonchev–Trinajstić information content (AvgIpc) is 2.74. The number of carboxylic acids is 1. The zero-order valence-corrected chi connectivity index (χ0v) is 7.86. The molecular formula is C8H10N2O5. The Balaban J connectivity index is 2.36. The molecule has 0 aliphatic carbocycles. The summed E-state index contributed by atoms with van der Waals surface area (Å²) in [5.41, 5.74) is -1.52. The summed E-state index contributed by atoms with van der Waals surface area (Å²) in [5.74, 6) is -1.72. The third kappa shape index (κ3) is 1.27. The monoisotopic (exact) mass is 214 g/mol. The van der Waals surface area contributed by atoms with Gasteiger partial charge in [0, 0.05) is 13.0 Å².